The molecule has 0 radical (unpaired) electrons. The van der Waals surface area contributed by atoms with Crippen molar-refractivity contribution in [3.63, 3.8) is 0 Å². The van der Waals surface area contributed by atoms with Crippen LogP contribution in [0.2, 0.25) is 5.02 Å². The zero-order chi connectivity index (χ0) is 22.8. The van der Waals surface area contributed by atoms with Gasteiger partial charge < -0.3 is 27.0 Å². The van der Waals surface area contributed by atoms with Gasteiger partial charge in [-0.3, -0.25) is 4.79 Å². The highest BCUT2D eigenvalue weighted by Gasteiger charge is 2.28. The highest BCUT2D eigenvalue weighted by Crippen LogP contribution is 2.41. The molecule has 1 atom stereocenters. The largest absolute Gasteiger partial charge is 0.508 e. The fraction of sp³-hybridized carbons (Fsp3) is 0.350. The van der Waals surface area contributed by atoms with Crippen LogP contribution in [0.25, 0.3) is 17.0 Å². The number of aromatic nitrogens is 2. The molecule has 0 saturated heterocycles. The zero-order valence-corrected chi connectivity index (χ0v) is 19.0. The third-order valence-corrected chi connectivity index (χ3v) is 4.92. The minimum atomic E-state index is -0.649. The summed E-state index contributed by atoms with van der Waals surface area (Å²) in [6, 6.07) is 4.54. The molecule has 1 unspecified atom stereocenters. The summed E-state index contributed by atoms with van der Waals surface area (Å²) >= 11 is 7.20. The van der Waals surface area contributed by atoms with E-state index in [4.69, 9.17) is 28.2 Å². The van der Waals surface area contributed by atoms with Crippen molar-refractivity contribution < 1.29 is 15.0 Å². The van der Waals surface area contributed by atoms with E-state index in [0.717, 1.165) is 11.8 Å². The molecule has 1 amide bonds. The van der Waals surface area contributed by atoms with Crippen molar-refractivity contribution in [2.45, 2.75) is 38.0 Å². The van der Waals surface area contributed by atoms with E-state index in [2.05, 4.69) is 15.3 Å². The normalized spacial score (nSPS) is 14.2. The maximum atomic E-state index is 11.6. The van der Waals surface area contributed by atoms with Crippen molar-refractivity contribution in [3.05, 3.63) is 34.9 Å². The van der Waals surface area contributed by atoms with Gasteiger partial charge in [-0.25, -0.2) is 9.97 Å². The van der Waals surface area contributed by atoms with Gasteiger partial charge in [0, 0.05) is 22.8 Å². The first-order valence-electron chi connectivity index (χ1n) is 9.59. The van der Waals surface area contributed by atoms with E-state index < -0.39 is 11.2 Å². The molecular weight excluding hydrogens is 426 g/mol. The number of carbonyl (C=O) groups excluding carboxylic acids is 1. The fourth-order valence-electron chi connectivity index (χ4n) is 2.49. The van der Waals surface area contributed by atoms with Gasteiger partial charge in [0.25, 0.3) is 0 Å². The van der Waals surface area contributed by atoms with Gasteiger partial charge in [0.2, 0.25) is 11.9 Å². The van der Waals surface area contributed by atoms with E-state index in [1.165, 1.54) is 12.1 Å². The standard InChI is InChI=1S/C16H16ClN5O3S.2C2H6/c17-8-3-7(4-9(24)5-8)13-12-10(18)6-11(14(19)25)26-15(12)22-16(21-13)20-1-2-23;2*1-2/h3-6,11,23-24H,1-2,18H2,(H2,19,25)(H,20,21,22);2*1-2H3. The lowest BCUT2D eigenvalue weighted by Crippen LogP contribution is -2.27. The Labute approximate surface area is 185 Å². The summed E-state index contributed by atoms with van der Waals surface area (Å²) in [5.74, 6) is -0.308. The number of amides is 1. The van der Waals surface area contributed by atoms with Gasteiger partial charge in [-0.2, -0.15) is 0 Å². The number of thioether (sulfide) groups is 1. The van der Waals surface area contributed by atoms with Crippen molar-refractivity contribution in [3.8, 4) is 17.0 Å². The van der Waals surface area contributed by atoms with E-state index in [1.54, 1.807) is 12.1 Å². The molecule has 1 aliphatic rings. The van der Waals surface area contributed by atoms with Crippen molar-refractivity contribution in [2.24, 2.45) is 11.5 Å². The molecule has 0 aliphatic carbocycles. The van der Waals surface area contributed by atoms with E-state index >= 15 is 0 Å². The molecule has 2 heterocycles. The van der Waals surface area contributed by atoms with Gasteiger partial charge in [-0.1, -0.05) is 51.1 Å². The van der Waals surface area contributed by atoms with Gasteiger partial charge in [0.1, 0.15) is 16.0 Å². The van der Waals surface area contributed by atoms with Crippen molar-refractivity contribution in [1.82, 2.24) is 9.97 Å². The molecule has 0 saturated carbocycles. The van der Waals surface area contributed by atoms with Crippen LogP contribution >= 0.6 is 23.4 Å². The first-order valence-corrected chi connectivity index (χ1v) is 10.8. The molecule has 164 valence electrons. The number of hydrogen-bond acceptors (Lipinski definition) is 8. The van der Waals surface area contributed by atoms with Crippen LogP contribution in [0.4, 0.5) is 5.95 Å². The Kier molecular flexibility index (Phi) is 10.4. The second-order valence-electron chi connectivity index (χ2n) is 5.49. The van der Waals surface area contributed by atoms with Gasteiger partial charge >= 0.3 is 0 Å². The molecule has 30 heavy (non-hydrogen) atoms. The van der Waals surface area contributed by atoms with Crippen LogP contribution < -0.4 is 16.8 Å². The van der Waals surface area contributed by atoms with Crippen LogP contribution in [-0.2, 0) is 4.79 Å². The highest BCUT2D eigenvalue weighted by molar-refractivity contribution is 8.00. The number of halogens is 1. The number of nitrogens with zero attached hydrogens (tertiary/aromatic N) is 2. The predicted molar refractivity (Wildman–Crippen MR) is 123 cm³/mol. The van der Waals surface area contributed by atoms with Crippen molar-refractivity contribution in [1.29, 1.82) is 0 Å². The predicted octanol–water partition coefficient (Wildman–Crippen LogP) is 3.22. The number of aromatic hydroxyl groups is 1. The molecule has 1 aromatic heterocycles. The van der Waals surface area contributed by atoms with Crippen LogP contribution in [0.15, 0.2) is 29.3 Å². The Balaban J connectivity index is 0.00000106. The Morgan fingerprint density at radius 3 is 2.47 bits per heavy atom. The first-order chi connectivity index (χ1) is 14.4. The molecule has 1 aliphatic heterocycles. The first kappa shape index (κ1) is 25.5. The minimum Gasteiger partial charge on any atom is -0.508 e. The van der Waals surface area contributed by atoms with E-state index in [0.29, 0.717) is 32.6 Å². The summed E-state index contributed by atoms with van der Waals surface area (Å²) in [7, 11) is 0. The number of rotatable bonds is 5. The smallest absolute Gasteiger partial charge is 0.234 e. The number of hydrogen-bond donors (Lipinski definition) is 5. The van der Waals surface area contributed by atoms with Crippen LogP contribution in [0.1, 0.15) is 33.3 Å². The zero-order valence-electron chi connectivity index (χ0n) is 17.4. The number of nitrogens with two attached hydrogens (primary N) is 2. The Morgan fingerprint density at radius 2 is 1.90 bits per heavy atom. The van der Waals surface area contributed by atoms with E-state index in [1.807, 2.05) is 27.7 Å². The number of benzene rings is 1. The maximum absolute atomic E-state index is 11.6. The summed E-state index contributed by atoms with van der Waals surface area (Å²) in [5, 5.41) is 21.9. The summed E-state index contributed by atoms with van der Waals surface area (Å²) in [6.45, 7) is 8.14. The average Bonchev–Trinajstić information content (AvgIpc) is 2.73. The van der Waals surface area contributed by atoms with Gasteiger partial charge in [-0.15, -0.1) is 0 Å². The second-order valence-corrected chi connectivity index (χ2v) is 7.05. The molecule has 0 bridgehead atoms. The minimum absolute atomic E-state index is 0.0224. The monoisotopic (exact) mass is 453 g/mol. The van der Waals surface area contributed by atoms with Crippen molar-refractivity contribution >= 4 is 40.9 Å². The molecule has 0 spiro atoms. The summed E-state index contributed by atoms with van der Waals surface area (Å²) in [4.78, 5) is 20.4. The number of aliphatic hydroxyl groups excluding tert-OH is 1. The maximum Gasteiger partial charge on any atom is 0.234 e. The van der Waals surface area contributed by atoms with Crippen molar-refractivity contribution in [2.75, 3.05) is 18.5 Å². The van der Waals surface area contributed by atoms with Gasteiger partial charge in [0.15, 0.2) is 0 Å². The lowest BCUT2D eigenvalue weighted by molar-refractivity contribution is -0.116. The Morgan fingerprint density at radius 1 is 1.23 bits per heavy atom. The lowest BCUT2D eigenvalue weighted by atomic mass is 10.0. The topological polar surface area (TPSA) is 147 Å². The average molecular weight is 454 g/mol. The highest BCUT2D eigenvalue weighted by atomic mass is 35.5. The molecule has 7 N–H and O–H groups in total. The molecule has 8 nitrogen and oxygen atoms in total. The number of phenolic OH excluding ortho intramolecular Hbond substituents is 1. The third-order valence-electron chi connectivity index (χ3n) is 3.57. The third kappa shape index (κ3) is 6.25. The number of primary amides is 1. The van der Waals surface area contributed by atoms with E-state index in [-0.39, 0.29) is 24.8 Å². The molecule has 1 aromatic carbocycles. The number of fused-ring (bicyclic) bond motifs is 1. The second kappa shape index (κ2) is 12.3. The van der Waals surface area contributed by atoms with E-state index in [9.17, 15) is 9.90 Å². The van der Waals surface area contributed by atoms with Gasteiger partial charge in [-0.05, 0) is 24.3 Å². The Hall–Kier alpha value is -2.49. The lowest BCUT2D eigenvalue weighted by Gasteiger charge is -2.22. The van der Waals surface area contributed by atoms with Crippen LogP contribution in [-0.4, -0.2) is 44.5 Å². The van der Waals surface area contributed by atoms with Gasteiger partial charge in [0.05, 0.1) is 17.9 Å². The van der Waals surface area contributed by atoms with Crippen LogP contribution in [0, 0.1) is 0 Å². The van der Waals surface area contributed by atoms with Crippen LogP contribution in [0.3, 0.4) is 0 Å². The fourth-order valence-corrected chi connectivity index (χ4v) is 3.77. The number of aliphatic hydroxyl groups is 1. The molecule has 0 fully saturated rings. The summed E-state index contributed by atoms with van der Waals surface area (Å²) < 4.78 is 0. The SMILES string of the molecule is CC.CC.NC(=O)C1C=C(N)c2c(nc(NCCO)nc2-c2cc(O)cc(Cl)c2)S1. The molecule has 3 rings (SSSR count). The summed E-state index contributed by atoms with van der Waals surface area (Å²) in [6.07, 6.45) is 1.55. The number of anilines is 1. The number of nitrogens with one attached hydrogen (secondary N) is 1. The summed E-state index contributed by atoms with van der Waals surface area (Å²) in [5.41, 5.74) is 13.4. The number of carbonyl (C=O) groups is 1. The number of phenols is 1. The Bertz CT molecular complexity index is 888. The van der Waals surface area contributed by atoms with Crippen LogP contribution in [0.5, 0.6) is 5.75 Å². The molecule has 10 heteroatoms. The molecule has 2 aromatic rings. The molecular formula is C20H28ClN5O3S. The quantitative estimate of drug-likeness (QED) is 0.433.